The van der Waals surface area contributed by atoms with Gasteiger partial charge < -0.3 is 9.72 Å². The second kappa shape index (κ2) is 6.27. The first-order valence-electron chi connectivity index (χ1n) is 8.25. The predicted octanol–water partition coefficient (Wildman–Crippen LogP) is 4.42. The van der Waals surface area contributed by atoms with Crippen molar-refractivity contribution in [3.05, 3.63) is 59.3 Å². The normalized spacial score (nSPS) is 23.3. The second-order valence-electron chi connectivity index (χ2n) is 6.42. The predicted molar refractivity (Wildman–Crippen MR) is 93.6 cm³/mol. The van der Waals surface area contributed by atoms with Crippen LogP contribution in [0.15, 0.2) is 48.1 Å². The molecule has 0 spiro atoms. The molecule has 2 atom stereocenters. The Morgan fingerprint density at radius 3 is 2.83 bits per heavy atom. The Labute approximate surface area is 141 Å². The summed E-state index contributed by atoms with van der Waals surface area (Å²) in [7, 11) is 0. The van der Waals surface area contributed by atoms with Crippen molar-refractivity contribution in [3.63, 3.8) is 0 Å². The number of rotatable bonds is 4. The van der Waals surface area contributed by atoms with Gasteiger partial charge in [-0.15, -0.1) is 0 Å². The smallest absolute Gasteiger partial charge is 0.337 e. The number of para-hydroxylation sites is 1. The monoisotopic (exact) mass is 327 g/mol. The first-order valence-corrected chi connectivity index (χ1v) is 8.25. The maximum absolute atomic E-state index is 15.2. The Hall–Kier alpha value is -2.36. The Morgan fingerprint density at radius 2 is 2.12 bits per heavy atom. The first kappa shape index (κ1) is 16.5. The molecule has 2 aromatic rings. The van der Waals surface area contributed by atoms with Gasteiger partial charge in [0.2, 0.25) is 0 Å². The summed E-state index contributed by atoms with van der Waals surface area (Å²) in [4.78, 5) is 15.2. The van der Waals surface area contributed by atoms with Gasteiger partial charge >= 0.3 is 5.97 Å². The maximum atomic E-state index is 15.2. The Balaban J connectivity index is 1.88. The number of nitrogens with one attached hydrogen (secondary N) is 1. The number of carbonyl (C=O) groups excluding carboxylic acids is 1. The van der Waals surface area contributed by atoms with Crippen molar-refractivity contribution in [1.82, 2.24) is 4.98 Å². The molecule has 24 heavy (non-hydrogen) atoms. The molecule has 0 bridgehead atoms. The van der Waals surface area contributed by atoms with Crippen LogP contribution >= 0.6 is 0 Å². The highest BCUT2D eigenvalue weighted by Gasteiger charge is 2.35. The molecule has 1 N–H and O–H groups in total. The molecule has 0 radical (unpaired) electrons. The van der Waals surface area contributed by atoms with E-state index < -0.39 is 11.6 Å². The summed E-state index contributed by atoms with van der Waals surface area (Å²) < 4.78 is 20.1. The van der Waals surface area contributed by atoms with E-state index in [0.29, 0.717) is 6.42 Å². The molecule has 3 nitrogen and oxygen atoms in total. The number of aromatic nitrogens is 1. The van der Waals surface area contributed by atoms with Crippen molar-refractivity contribution in [2.75, 3.05) is 6.61 Å². The summed E-state index contributed by atoms with van der Waals surface area (Å²) >= 11 is 0. The van der Waals surface area contributed by atoms with E-state index in [-0.39, 0.29) is 18.1 Å². The molecule has 0 saturated heterocycles. The number of fused-ring (bicyclic) bond motifs is 1. The summed E-state index contributed by atoms with van der Waals surface area (Å²) in [6.07, 6.45) is 5.42. The SMILES string of the molecule is CCOC(=O)C1=CC(C)(F)C(Cc2c(C)[nH]c3ccccc23)C=C1. The topological polar surface area (TPSA) is 42.1 Å². The van der Waals surface area contributed by atoms with Crippen LogP contribution in [0, 0.1) is 12.8 Å². The Kier molecular flexibility index (Phi) is 4.31. The molecule has 126 valence electrons. The number of allylic oxidation sites excluding steroid dienone is 2. The minimum atomic E-state index is -1.60. The van der Waals surface area contributed by atoms with Gasteiger partial charge in [0.25, 0.3) is 0 Å². The van der Waals surface area contributed by atoms with E-state index in [4.69, 9.17) is 4.74 Å². The molecule has 1 heterocycles. The highest BCUT2D eigenvalue weighted by Crippen LogP contribution is 2.36. The van der Waals surface area contributed by atoms with E-state index in [9.17, 15) is 4.79 Å². The third-order valence-electron chi connectivity index (χ3n) is 4.63. The van der Waals surface area contributed by atoms with Gasteiger partial charge in [0, 0.05) is 22.5 Å². The summed E-state index contributed by atoms with van der Waals surface area (Å²) in [6, 6.07) is 8.05. The van der Waals surface area contributed by atoms with E-state index >= 15 is 4.39 Å². The minimum absolute atomic E-state index is 0.283. The molecular formula is C20H22FNO2. The zero-order chi connectivity index (χ0) is 17.3. The molecule has 0 fully saturated rings. The van der Waals surface area contributed by atoms with Crippen molar-refractivity contribution >= 4 is 16.9 Å². The lowest BCUT2D eigenvalue weighted by molar-refractivity contribution is -0.138. The molecule has 1 aliphatic carbocycles. The van der Waals surface area contributed by atoms with Crippen molar-refractivity contribution in [1.29, 1.82) is 0 Å². The van der Waals surface area contributed by atoms with Crippen LogP contribution in [0.25, 0.3) is 10.9 Å². The number of ether oxygens (including phenoxy) is 1. The average Bonchev–Trinajstić information content (AvgIpc) is 2.85. The number of aryl methyl sites for hydroxylation is 1. The van der Waals surface area contributed by atoms with Gasteiger partial charge in [0.05, 0.1) is 12.2 Å². The molecule has 1 aliphatic rings. The quantitative estimate of drug-likeness (QED) is 0.845. The van der Waals surface area contributed by atoms with Gasteiger partial charge in [-0.05, 0) is 44.9 Å². The summed E-state index contributed by atoms with van der Waals surface area (Å²) in [5, 5.41) is 1.12. The fourth-order valence-corrected chi connectivity index (χ4v) is 3.29. The number of benzene rings is 1. The highest BCUT2D eigenvalue weighted by atomic mass is 19.1. The molecule has 0 amide bonds. The summed E-state index contributed by atoms with van der Waals surface area (Å²) in [6.45, 7) is 5.55. The molecule has 0 saturated carbocycles. The average molecular weight is 327 g/mol. The number of hydrogen-bond acceptors (Lipinski definition) is 2. The number of halogens is 1. The van der Waals surface area contributed by atoms with Gasteiger partial charge in [0.1, 0.15) is 5.67 Å². The molecule has 1 aromatic carbocycles. The van der Waals surface area contributed by atoms with Crippen LogP contribution in [-0.2, 0) is 16.0 Å². The largest absolute Gasteiger partial charge is 0.462 e. The highest BCUT2D eigenvalue weighted by molar-refractivity contribution is 5.92. The number of esters is 1. The molecule has 2 unspecified atom stereocenters. The van der Waals surface area contributed by atoms with Crippen LogP contribution in [0.4, 0.5) is 4.39 Å². The number of H-pyrrole nitrogens is 1. The van der Waals surface area contributed by atoms with Crippen LogP contribution in [0.5, 0.6) is 0 Å². The molecular weight excluding hydrogens is 305 g/mol. The van der Waals surface area contributed by atoms with E-state index in [1.165, 1.54) is 13.0 Å². The van der Waals surface area contributed by atoms with Crippen LogP contribution in [0.3, 0.4) is 0 Å². The molecule has 4 heteroatoms. The third-order valence-corrected chi connectivity index (χ3v) is 4.63. The van der Waals surface area contributed by atoms with Crippen molar-refractivity contribution in [2.24, 2.45) is 5.92 Å². The van der Waals surface area contributed by atoms with Gasteiger partial charge in [0.15, 0.2) is 0 Å². The van der Waals surface area contributed by atoms with Crippen LogP contribution < -0.4 is 0 Å². The summed E-state index contributed by atoms with van der Waals surface area (Å²) in [5.74, 6) is -0.798. The zero-order valence-corrected chi connectivity index (χ0v) is 14.2. The zero-order valence-electron chi connectivity index (χ0n) is 14.2. The number of alkyl halides is 1. The minimum Gasteiger partial charge on any atom is -0.462 e. The van der Waals surface area contributed by atoms with E-state index in [1.807, 2.05) is 25.1 Å². The molecule has 1 aromatic heterocycles. The fourth-order valence-electron chi connectivity index (χ4n) is 3.29. The summed E-state index contributed by atoms with van der Waals surface area (Å²) in [5.41, 5.74) is 1.93. The lowest BCUT2D eigenvalue weighted by Gasteiger charge is -2.29. The molecule has 3 rings (SSSR count). The lowest BCUT2D eigenvalue weighted by atomic mass is 9.80. The van der Waals surface area contributed by atoms with Crippen LogP contribution in [0.1, 0.15) is 25.1 Å². The van der Waals surface area contributed by atoms with E-state index in [2.05, 4.69) is 11.1 Å². The number of carbonyl (C=O) groups is 1. The first-order chi connectivity index (χ1) is 11.4. The second-order valence-corrected chi connectivity index (χ2v) is 6.42. The van der Waals surface area contributed by atoms with Crippen molar-refractivity contribution in [3.8, 4) is 0 Å². The van der Waals surface area contributed by atoms with Crippen molar-refractivity contribution in [2.45, 2.75) is 32.9 Å². The van der Waals surface area contributed by atoms with Gasteiger partial charge in [-0.25, -0.2) is 9.18 Å². The van der Waals surface area contributed by atoms with E-state index in [1.54, 1.807) is 19.1 Å². The van der Waals surface area contributed by atoms with Gasteiger partial charge in [-0.3, -0.25) is 0 Å². The van der Waals surface area contributed by atoms with E-state index in [0.717, 1.165) is 22.2 Å². The van der Waals surface area contributed by atoms with Gasteiger partial charge in [-0.2, -0.15) is 0 Å². The third kappa shape index (κ3) is 3.01. The molecule has 0 aliphatic heterocycles. The van der Waals surface area contributed by atoms with Crippen molar-refractivity contribution < 1.29 is 13.9 Å². The Morgan fingerprint density at radius 1 is 1.38 bits per heavy atom. The number of hydrogen-bond donors (Lipinski definition) is 1. The fraction of sp³-hybridized carbons (Fsp3) is 0.350. The van der Waals surface area contributed by atoms with Crippen LogP contribution in [-0.4, -0.2) is 23.2 Å². The van der Waals surface area contributed by atoms with Crippen LogP contribution in [0.2, 0.25) is 0 Å². The number of aromatic amines is 1. The lowest BCUT2D eigenvalue weighted by Crippen LogP contribution is -2.31. The van der Waals surface area contributed by atoms with Gasteiger partial charge in [-0.1, -0.05) is 30.4 Å². The maximum Gasteiger partial charge on any atom is 0.337 e. The Bertz CT molecular complexity index is 829. The standard InChI is InChI=1S/C20H22FNO2/c1-4-24-19(23)14-9-10-15(20(3,21)12-14)11-17-13(2)22-18-8-6-5-7-16(17)18/h5-10,12,15,22H,4,11H2,1-3H3.